The van der Waals surface area contributed by atoms with Gasteiger partial charge in [0.25, 0.3) is 0 Å². The Morgan fingerprint density at radius 3 is 2.11 bits per heavy atom. The number of benzene rings is 1. The molecule has 4 nitrogen and oxygen atoms in total. The number of alkyl halides is 3. The Morgan fingerprint density at radius 1 is 1.11 bits per heavy atom. The molecule has 0 spiro atoms. The molecular formula is C11H14F3NO3. The van der Waals surface area contributed by atoms with Crippen molar-refractivity contribution in [2.24, 2.45) is 0 Å². The zero-order valence-corrected chi connectivity index (χ0v) is 9.95. The van der Waals surface area contributed by atoms with Gasteiger partial charge in [-0.3, -0.25) is 0 Å². The average Bonchev–Trinajstić information content (AvgIpc) is 2.30. The summed E-state index contributed by atoms with van der Waals surface area (Å²) in [6.45, 7) is 0.381. The van der Waals surface area contributed by atoms with Gasteiger partial charge in [0.05, 0.1) is 6.54 Å². The number of halogens is 3. The fourth-order valence-electron chi connectivity index (χ4n) is 1.24. The summed E-state index contributed by atoms with van der Waals surface area (Å²) in [5, 5.41) is 2.95. The van der Waals surface area contributed by atoms with Gasteiger partial charge in [0, 0.05) is 19.9 Å². The number of hydrogen-bond donors (Lipinski definition) is 1. The van der Waals surface area contributed by atoms with Crippen LogP contribution in [0.1, 0.15) is 0 Å². The van der Waals surface area contributed by atoms with E-state index >= 15 is 0 Å². The first kappa shape index (κ1) is 14.6. The lowest BCUT2D eigenvalue weighted by molar-refractivity contribution is -0.274. The van der Waals surface area contributed by atoms with Crippen molar-refractivity contribution in [2.45, 2.75) is 12.7 Å². The second-order valence-corrected chi connectivity index (χ2v) is 3.35. The molecule has 0 radical (unpaired) electrons. The molecular weight excluding hydrogens is 251 g/mol. The Kier molecular flexibility index (Phi) is 5.24. The van der Waals surface area contributed by atoms with Crippen LogP contribution < -0.4 is 10.1 Å². The van der Waals surface area contributed by atoms with E-state index in [1.54, 1.807) is 0 Å². The van der Waals surface area contributed by atoms with Crippen molar-refractivity contribution in [2.75, 3.05) is 26.1 Å². The van der Waals surface area contributed by atoms with Gasteiger partial charge in [-0.1, -0.05) is 0 Å². The summed E-state index contributed by atoms with van der Waals surface area (Å²) < 4.78 is 49.4. The molecule has 0 amide bonds. The number of nitrogens with one attached hydrogen (secondary N) is 1. The average molecular weight is 265 g/mol. The molecule has 1 rings (SSSR count). The van der Waals surface area contributed by atoms with Crippen LogP contribution in [-0.4, -0.2) is 33.4 Å². The summed E-state index contributed by atoms with van der Waals surface area (Å²) in [5.41, 5.74) is 0.642. The van der Waals surface area contributed by atoms with Crippen molar-refractivity contribution in [3.8, 4) is 5.75 Å². The van der Waals surface area contributed by atoms with Crippen molar-refractivity contribution in [3.05, 3.63) is 24.3 Å². The number of anilines is 1. The fraction of sp³-hybridized carbons (Fsp3) is 0.455. The molecule has 0 aliphatic rings. The van der Waals surface area contributed by atoms with Crippen LogP contribution in [0.3, 0.4) is 0 Å². The maximum absolute atomic E-state index is 11.9. The van der Waals surface area contributed by atoms with Gasteiger partial charge in [0.2, 0.25) is 0 Å². The standard InChI is InChI=1S/C11H14F3NO3/c1-16-10(17-2)7-15-8-3-5-9(6-4-8)18-11(12,13)14/h3-6,10,15H,7H2,1-2H3. The van der Waals surface area contributed by atoms with Crippen LogP contribution in [0, 0.1) is 0 Å². The fourth-order valence-corrected chi connectivity index (χ4v) is 1.24. The maximum Gasteiger partial charge on any atom is 0.573 e. The molecule has 1 aromatic rings. The predicted molar refractivity (Wildman–Crippen MR) is 59.4 cm³/mol. The van der Waals surface area contributed by atoms with Crippen molar-refractivity contribution in [1.82, 2.24) is 0 Å². The van der Waals surface area contributed by atoms with Gasteiger partial charge in [-0.15, -0.1) is 13.2 Å². The molecule has 18 heavy (non-hydrogen) atoms. The molecule has 1 aromatic carbocycles. The molecule has 0 aromatic heterocycles. The van der Waals surface area contributed by atoms with Crippen molar-refractivity contribution < 1.29 is 27.4 Å². The van der Waals surface area contributed by atoms with E-state index in [-0.39, 0.29) is 5.75 Å². The molecule has 0 saturated carbocycles. The zero-order valence-electron chi connectivity index (χ0n) is 9.95. The second-order valence-electron chi connectivity index (χ2n) is 3.35. The molecule has 1 N–H and O–H groups in total. The summed E-state index contributed by atoms with van der Waals surface area (Å²) in [6.07, 6.45) is -5.09. The van der Waals surface area contributed by atoms with Crippen LogP contribution in [0.2, 0.25) is 0 Å². The van der Waals surface area contributed by atoms with Crippen molar-refractivity contribution in [3.63, 3.8) is 0 Å². The third-order valence-electron chi connectivity index (χ3n) is 2.09. The molecule has 0 saturated heterocycles. The second kappa shape index (κ2) is 6.46. The van der Waals surface area contributed by atoms with E-state index in [0.29, 0.717) is 12.2 Å². The molecule has 0 unspecified atom stereocenters. The third-order valence-corrected chi connectivity index (χ3v) is 2.09. The van der Waals surface area contributed by atoms with Crippen molar-refractivity contribution >= 4 is 5.69 Å². The minimum absolute atomic E-state index is 0.261. The summed E-state index contributed by atoms with van der Waals surface area (Å²) in [6, 6.07) is 5.40. The SMILES string of the molecule is COC(CNc1ccc(OC(F)(F)F)cc1)OC. The summed E-state index contributed by atoms with van der Waals surface area (Å²) >= 11 is 0. The van der Waals surface area contributed by atoms with Gasteiger partial charge in [0.15, 0.2) is 6.29 Å². The van der Waals surface area contributed by atoms with Gasteiger partial charge >= 0.3 is 6.36 Å². The van der Waals surface area contributed by atoms with Gasteiger partial charge < -0.3 is 19.5 Å². The molecule has 102 valence electrons. The van der Waals surface area contributed by atoms with E-state index in [1.807, 2.05) is 0 Å². The highest BCUT2D eigenvalue weighted by molar-refractivity contribution is 5.46. The van der Waals surface area contributed by atoms with Gasteiger partial charge in [-0.05, 0) is 24.3 Å². The lowest BCUT2D eigenvalue weighted by atomic mass is 10.3. The van der Waals surface area contributed by atoms with Crippen LogP contribution in [-0.2, 0) is 9.47 Å². The lowest BCUT2D eigenvalue weighted by Gasteiger charge is -2.15. The van der Waals surface area contributed by atoms with E-state index in [4.69, 9.17) is 9.47 Å². The van der Waals surface area contributed by atoms with Gasteiger partial charge in [-0.25, -0.2) is 0 Å². The lowest BCUT2D eigenvalue weighted by Crippen LogP contribution is -2.23. The number of hydrogen-bond acceptors (Lipinski definition) is 4. The largest absolute Gasteiger partial charge is 0.573 e. The molecule has 0 aliphatic heterocycles. The van der Waals surface area contributed by atoms with Gasteiger partial charge in [0.1, 0.15) is 5.75 Å². The van der Waals surface area contributed by atoms with Crippen LogP contribution in [0.25, 0.3) is 0 Å². The minimum atomic E-state index is -4.67. The molecule has 0 heterocycles. The van der Waals surface area contributed by atoms with E-state index in [9.17, 15) is 13.2 Å². The topological polar surface area (TPSA) is 39.7 Å². The highest BCUT2D eigenvalue weighted by Gasteiger charge is 2.30. The quantitative estimate of drug-likeness (QED) is 0.803. The predicted octanol–water partition coefficient (Wildman–Crippen LogP) is 2.62. The van der Waals surface area contributed by atoms with Gasteiger partial charge in [-0.2, -0.15) is 0 Å². The first-order valence-electron chi connectivity index (χ1n) is 5.10. The molecule has 0 aliphatic carbocycles. The Bertz CT molecular complexity index is 350. The van der Waals surface area contributed by atoms with Crippen LogP contribution in [0.4, 0.5) is 18.9 Å². The van der Waals surface area contributed by atoms with Crippen LogP contribution >= 0.6 is 0 Å². The van der Waals surface area contributed by atoms with E-state index in [0.717, 1.165) is 0 Å². The number of ether oxygens (including phenoxy) is 3. The Balaban J connectivity index is 2.50. The first-order chi connectivity index (χ1) is 8.44. The smallest absolute Gasteiger partial charge is 0.406 e. The maximum atomic E-state index is 11.9. The number of rotatable bonds is 6. The summed E-state index contributed by atoms with van der Waals surface area (Å²) in [4.78, 5) is 0. The Morgan fingerprint density at radius 2 is 1.67 bits per heavy atom. The highest BCUT2D eigenvalue weighted by Crippen LogP contribution is 2.23. The summed E-state index contributed by atoms with van der Waals surface area (Å²) in [7, 11) is 2.99. The normalized spacial score (nSPS) is 11.7. The number of methoxy groups -OCH3 is 2. The van der Waals surface area contributed by atoms with Crippen LogP contribution in [0.5, 0.6) is 5.75 Å². The Labute approximate surface area is 103 Å². The Hall–Kier alpha value is -1.47. The zero-order chi connectivity index (χ0) is 13.6. The van der Waals surface area contributed by atoms with E-state index < -0.39 is 12.7 Å². The van der Waals surface area contributed by atoms with E-state index in [2.05, 4.69) is 10.1 Å². The van der Waals surface area contributed by atoms with Crippen LogP contribution in [0.15, 0.2) is 24.3 Å². The van der Waals surface area contributed by atoms with E-state index in [1.165, 1.54) is 38.5 Å². The minimum Gasteiger partial charge on any atom is -0.406 e. The third kappa shape index (κ3) is 5.24. The molecule has 7 heteroatoms. The molecule has 0 fully saturated rings. The van der Waals surface area contributed by atoms with Crippen molar-refractivity contribution in [1.29, 1.82) is 0 Å². The first-order valence-corrected chi connectivity index (χ1v) is 5.10. The highest BCUT2D eigenvalue weighted by atomic mass is 19.4. The molecule has 0 bridgehead atoms. The molecule has 0 atom stereocenters. The monoisotopic (exact) mass is 265 g/mol. The summed E-state index contributed by atoms with van der Waals surface area (Å²) in [5.74, 6) is -0.261.